The van der Waals surface area contributed by atoms with Gasteiger partial charge in [-0.05, 0) is 12.1 Å². The van der Waals surface area contributed by atoms with Crippen LogP contribution >= 0.6 is 11.3 Å². The quantitative estimate of drug-likeness (QED) is 0.367. The lowest BCUT2D eigenvalue weighted by Crippen LogP contribution is -2.13. The minimum Gasteiger partial charge on any atom is -0.496 e. The first-order chi connectivity index (χ1) is 13.4. The van der Waals surface area contributed by atoms with Crippen molar-refractivity contribution in [3.05, 3.63) is 57.2 Å². The number of anilines is 1. The van der Waals surface area contributed by atoms with E-state index in [1.807, 2.05) is 0 Å². The molecule has 10 nitrogen and oxygen atoms in total. The van der Waals surface area contributed by atoms with E-state index in [1.165, 1.54) is 37.7 Å². The second-order valence-electron chi connectivity index (χ2n) is 5.43. The summed E-state index contributed by atoms with van der Waals surface area (Å²) < 4.78 is 9.74. The van der Waals surface area contributed by atoms with Crippen LogP contribution in [-0.2, 0) is 4.74 Å². The summed E-state index contributed by atoms with van der Waals surface area (Å²) >= 11 is 1.17. The summed E-state index contributed by atoms with van der Waals surface area (Å²) in [5, 5.41) is 15.5. The number of hydrogen-bond acceptors (Lipinski definition) is 8. The molecule has 0 atom stereocenters. The fraction of sp³-hybridized carbons (Fsp3) is 0.118. The van der Waals surface area contributed by atoms with Gasteiger partial charge < -0.3 is 14.5 Å². The Bertz CT molecular complexity index is 1060. The lowest BCUT2D eigenvalue weighted by Gasteiger charge is -2.07. The van der Waals surface area contributed by atoms with Crippen molar-refractivity contribution in [2.75, 3.05) is 19.5 Å². The van der Waals surface area contributed by atoms with Crippen LogP contribution in [0.2, 0.25) is 0 Å². The van der Waals surface area contributed by atoms with Crippen molar-refractivity contribution in [1.29, 1.82) is 0 Å². The summed E-state index contributed by atoms with van der Waals surface area (Å²) in [6.45, 7) is 0. The molecule has 2 heterocycles. The van der Waals surface area contributed by atoms with Gasteiger partial charge in [-0.3, -0.25) is 20.2 Å². The van der Waals surface area contributed by atoms with Crippen LogP contribution < -0.4 is 10.1 Å². The van der Waals surface area contributed by atoms with E-state index in [2.05, 4.69) is 20.0 Å². The van der Waals surface area contributed by atoms with Gasteiger partial charge in [0.1, 0.15) is 11.4 Å². The number of carbonyl (C=O) groups is 2. The van der Waals surface area contributed by atoms with E-state index in [9.17, 15) is 19.7 Å². The molecule has 1 aromatic carbocycles. The van der Waals surface area contributed by atoms with E-state index in [0.29, 0.717) is 11.3 Å². The highest BCUT2D eigenvalue weighted by Crippen LogP contribution is 2.28. The van der Waals surface area contributed by atoms with E-state index < -0.39 is 16.8 Å². The lowest BCUT2D eigenvalue weighted by atomic mass is 10.1. The Morgan fingerprint density at radius 2 is 2.07 bits per heavy atom. The maximum atomic E-state index is 12.5. The number of non-ortho nitro benzene ring substituents is 1. The number of esters is 1. The maximum absolute atomic E-state index is 12.5. The van der Waals surface area contributed by atoms with Crippen LogP contribution in [0.4, 0.5) is 10.8 Å². The van der Waals surface area contributed by atoms with Gasteiger partial charge in [0.2, 0.25) is 0 Å². The van der Waals surface area contributed by atoms with Crippen molar-refractivity contribution in [2.45, 2.75) is 0 Å². The molecule has 2 aromatic heterocycles. The number of benzene rings is 1. The Kier molecular flexibility index (Phi) is 5.36. The van der Waals surface area contributed by atoms with Crippen LogP contribution in [-0.4, -0.2) is 41.0 Å². The molecule has 0 spiro atoms. The van der Waals surface area contributed by atoms with Gasteiger partial charge in [-0.15, -0.1) is 11.3 Å². The predicted octanol–water partition coefficient (Wildman–Crippen LogP) is 3.09. The van der Waals surface area contributed by atoms with Gasteiger partial charge in [0.25, 0.3) is 11.6 Å². The van der Waals surface area contributed by atoms with Crippen molar-refractivity contribution in [1.82, 2.24) is 9.97 Å². The molecule has 2 N–H and O–H groups in total. The number of nitro groups is 1. The number of ether oxygens (including phenoxy) is 2. The molecule has 0 aliphatic rings. The Balaban J connectivity index is 1.81. The summed E-state index contributed by atoms with van der Waals surface area (Å²) in [4.78, 5) is 41.5. The number of methoxy groups -OCH3 is 2. The molecule has 1 amide bonds. The number of nitrogens with one attached hydrogen (secondary N) is 2. The van der Waals surface area contributed by atoms with Crippen LogP contribution in [0.3, 0.4) is 0 Å². The molecule has 0 saturated carbocycles. The fourth-order valence-electron chi connectivity index (χ4n) is 2.39. The van der Waals surface area contributed by atoms with Crippen LogP contribution in [0.1, 0.15) is 20.8 Å². The average molecular weight is 402 g/mol. The molecular weight excluding hydrogens is 388 g/mol. The Morgan fingerprint density at radius 1 is 1.29 bits per heavy atom. The van der Waals surface area contributed by atoms with Gasteiger partial charge in [-0.2, -0.15) is 0 Å². The second kappa shape index (κ2) is 7.88. The molecule has 0 radical (unpaired) electrons. The molecule has 3 aromatic rings. The number of aromatic nitrogens is 2. The highest BCUT2D eigenvalue weighted by Gasteiger charge is 2.19. The molecule has 0 aliphatic carbocycles. The number of hydrogen-bond donors (Lipinski definition) is 2. The Morgan fingerprint density at radius 3 is 2.75 bits per heavy atom. The molecule has 0 unspecified atom stereocenters. The van der Waals surface area contributed by atoms with Crippen LogP contribution in [0.5, 0.6) is 5.75 Å². The van der Waals surface area contributed by atoms with Gasteiger partial charge in [-0.1, -0.05) is 0 Å². The van der Waals surface area contributed by atoms with Crippen LogP contribution in [0.15, 0.2) is 35.8 Å². The van der Waals surface area contributed by atoms with Crippen molar-refractivity contribution in [2.24, 2.45) is 0 Å². The van der Waals surface area contributed by atoms with Gasteiger partial charge in [0, 0.05) is 29.3 Å². The first-order valence-electron chi connectivity index (χ1n) is 7.79. The molecular formula is C17H14N4O6S. The normalized spacial score (nSPS) is 10.4. The molecule has 28 heavy (non-hydrogen) atoms. The third-order valence-electron chi connectivity index (χ3n) is 3.75. The zero-order valence-corrected chi connectivity index (χ0v) is 15.5. The summed E-state index contributed by atoms with van der Waals surface area (Å²) in [6.07, 6.45) is 1.59. The van der Waals surface area contributed by atoms with Gasteiger partial charge in [0.05, 0.1) is 30.4 Å². The van der Waals surface area contributed by atoms with Crippen LogP contribution in [0.25, 0.3) is 11.3 Å². The number of nitro benzene ring substituents is 1. The highest BCUT2D eigenvalue weighted by atomic mass is 32.1. The largest absolute Gasteiger partial charge is 0.496 e. The second-order valence-corrected chi connectivity index (χ2v) is 6.29. The average Bonchev–Trinajstić information content (AvgIpc) is 3.36. The summed E-state index contributed by atoms with van der Waals surface area (Å²) in [5.41, 5.74) is 1.25. The maximum Gasteiger partial charge on any atom is 0.354 e. The topological polar surface area (TPSA) is 136 Å². The first kappa shape index (κ1) is 19.0. The van der Waals surface area contributed by atoms with E-state index in [-0.39, 0.29) is 27.8 Å². The van der Waals surface area contributed by atoms with Gasteiger partial charge >= 0.3 is 5.97 Å². The molecule has 0 bridgehead atoms. The van der Waals surface area contributed by atoms with Crippen molar-refractivity contribution < 1.29 is 24.0 Å². The SMILES string of the molecule is COC(=O)c1cc(-c2csc(NC(=O)c3cc([N+](=O)[O-])ccc3OC)n2)c[nH]1. The summed E-state index contributed by atoms with van der Waals surface area (Å²) in [7, 11) is 2.64. The van der Waals surface area contributed by atoms with E-state index in [1.54, 1.807) is 17.6 Å². The van der Waals surface area contributed by atoms with Gasteiger partial charge in [-0.25, -0.2) is 9.78 Å². The molecule has 11 heteroatoms. The van der Waals surface area contributed by atoms with Crippen LogP contribution in [0, 0.1) is 10.1 Å². The third kappa shape index (κ3) is 3.83. The number of amides is 1. The number of nitrogens with zero attached hydrogens (tertiary/aromatic N) is 2. The van der Waals surface area contributed by atoms with E-state index in [0.717, 1.165) is 6.07 Å². The molecule has 3 rings (SSSR count). The molecule has 144 valence electrons. The monoisotopic (exact) mass is 402 g/mol. The standard InChI is InChI=1S/C17H14N4O6S/c1-26-14-4-3-10(21(24)25)6-11(14)15(22)20-17-19-13(8-28-17)9-5-12(18-7-9)16(23)27-2/h3-8,18H,1-2H3,(H,19,20,22). The van der Waals surface area contributed by atoms with Gasteiger partial charge in [0.15, 0.2) is 5.13 Å². The van der Waals surface area contributed by atoms with Crippen molar-refractivity contribution >= 4 is 34.0 Å². The zero-order valence-electron chi connectivity index (χ0n) is 14.7. The highest BCUT2D eigenvalue weighted by molar-refractivity contribution is 7.14. The molecule has 0 saturated heterocycles. The van der Waals surface area contributed by atoms with E-state index in [4.69, 9.17) is 4.74 Å². The summed E-state index contributed by atoms with van der Waals surface area (Å²) in [6, 6.07) is 5.32. The summed E-state index contributed by atoms with van der Waals surface area (Å²) in [5.74, 6) is -0.897. The molecule has 0 fully saturated rings. The zero-order chi connectivity index (χ0) is 20.3. The smallest absolute Gasteiger partial charge is 0.354 e. The Labute approximate surface area is 162 Å². The number of aromatic amines is 1. The predicted molar refractivity (Wildman–Crippen MR) is 101 cm³/mol. The molecule has 0 aliphatic heterocycles. The number of H-pyrrole nitrogens is 1. The van der Waals surface area contributed by atoms with Crippen molar-refractivity contribution in [3.8, 4) is 17.0 Å². The first-order valence-corrected chi connectivity index (χ1v) is 8.67. The third-order valence-corrected chi connectivity index (χ3v) is 4.50. The minimum absolute atomic E-state index is 0.0167. The fourth-order valence-corrected chi connectivity index (χ4v) is 3.10. The van der Waals surface area contributed by atoms with E-state index >= 15 is 0 Å². The number of rotatable bonds is 6. The lowest BCUT2D eigenvalue weighted by molar-refractivity contribution is -0.384. The number of carbonyl (C=O) groups excluding carboxylic acids is 2. The Hall–Kier alpha value is -3.73. The van der Waals surface area contributed by atoms with Crippen molar-refractivity contribution in [3.63, 3.8) is 0 Å². The number of thiazole rings is 1. The minimum atomic E-state index is -0.595.